The number of nitrogens with zero attached hydrogens (tertiary/aromatic N) is 3. The van der Waals surface area contributed by atoms with Gasteiger partial charge in [-0.25, -0.2) is 0 Å². The van der Waals surface area contributed by atoms with Gasteiger partial charge in [0.2, 0.25) is 0 Å². The van der Waals surface area contributed by atoms with Gasteiger partial charge in [-0.3, -0.25) is 8.78 Å². The number of hydrogen-bond donors (Lipinski definition) is 0. The van der Waals surface area contributed by atoms with E-state index in [4.69, 9.17) is 4.98 Å². The predicted molar refractivity (Wildman–Crippen MR) is 296 cm³/mol. The largest absolute Gasteiger partial charge is 3.00 e. The fourth-order valence-electron chi connectivity index (χ4n) is 12.0. The Bertz CT molecular complexity index is 3750. The van der Waals surface area contributed by atoms with Gasteiger partial charge in [0.1, 0.15) is 0 Å². The van der Waals surface area contributed by atoms with Gasteiger partial charge in [0, 0.05) is 72.3 Å². The van der Waals surface area contributed by atoms with Crippen LogP contribution in [-0.4, -0.2) is 38.6 Å². The molecule has 3 nitrogen and oxygen atoms in total. The molecule has 3 aromatic heterocycles. The van der Waals surface area contributed by atoms with Crippen molar-refractivity contribution in [3.63, 3.8) is 0 Å². The first-order chi connectivity index (χ1) is 39.3. The first kappa shape index (κ1) is 56.8. The summed E-state index contributed by atoms with van der Waals surface area (Å²) in [5.74, 6) is -19.0. The summed E-state index contributed by atoms with van der Waals surface area (Å²) in [7, 11) is 0. The second kappa shape index (κ2) is 21.9. The second-order valence-electron chi connectivity index (χ2n) is 21.6. The summed E-state index contributed by atoms with van der Waals surface area (Å²) in [4.78, 5) is 13.8. The van der Waals surface area contributed by atoms with Gasteiger partial charge in [-0.05, 0) is 91.1 Å². The van der Waals surface area contributed by atoms with Crippen LogP contribution >= 0.6 is 0 Å². The maximum absolute atomic E-state index is 15.9. The minimum Gasteiger partial charge on any atom is -0.304 e. The molecule has 0 unspecified atom stereocenters. The number of benzene rings is 7. The van der Waals surface area contributed by atoms with Crippen molar-refractivity contribution in [3.05, 3.63) is 259 Å². The minimum absolute atomic E-state index is 0. The molecule has 2 aliphatic rings. The molecule has 0 saturated heterocycles. The number of aromatic nitrogens is 3. The molecular formula is C69H46F10IrN3. The first-order valence-corrected chi connectivity index (χ1v) is 26.4. The van der Waals surface area contributed by atoms with Crippen LogP contribution in [0.1, 0.15) is 47.9 Å². The fourth-order valence-corrected chi connectivity index (χ4v) is 12.0. The van der Waals surface area contributed by atoms with Crippen LogP contribution in [0.5, 0.6) is 0 Å². The molecule has 3 heterocycles. The van der Waals surface area contributed by atoms with Crippen molar-refractivity contribution in [2.24, 2.45) is 0 Å². The van der Waals surface area contributed by atoms with Crippen molar-refractivity contribution in [3.8, 4) is 78.3 Å². The average molecular weight is 1300 g/mol. The summed E-state index contributed by atoms with van der Waals surface area (Å²) in [6.45, 7) is 0. The Morgan fingerprint density at radius 2 is 0.819 bits per heavy atom. The van der Waals surface area contributed by atoms with Gasteiger partial charge in [-0.15, -0.1) is 95.6 Å². The van der Waals surface area contributed by atoms with Crippen LogP contribution < -0.4 is 0 Å². The van der Waals surface area contributed by atoms with E-state index in [1.54, 1.807) is 30.5 Å². The molecule has 2 fully saturated rings. The van der Waals surface area contributed by atoms with Crippen LogP contribution in [0.4, 0.5) is 43.9 Å². The molecule has 0 amide bonds. The van der Waals surface area contributed by atoms with Gasteiger partial charge in [-0.1, -0.05) is 127 Å². The van der Waals surface area contributed by atoms with E-state index in [2.05, 4.69) is 28.2 Å². The van der Waals surface area contributed by atoms with Crippen LogP contribution in [0.15, 0.2) is 207 Å². The monoisotopic (exact) mass is 1300 g/mol. The van der Waals surface area contributed by atoms with Crippen molar-refractivity contribution < 1.29 is 64.0 Å². The number of hydrogen-bond acceptors (Lipinski definition) is 3. The third-order valence-electron chi connectivity index (χ3n) is 16.0. The Hall–Kier alpha value is -8.06. The quantitative estimate of drug-likeness (QED) is 0.0853. The standard InChI is InChI=1S/C69H46F10N3.Ir/c70-55-25-19-50(20-26-55)61-29-23-53(37-80-61)64(40-66(72,73)67(74,75)41-64)35-44-31-45(36-65(42-68(76,77)69(78,79)43-65)54-24-30-62(81-38-54)51-21-27-56(71)28-22-51)33-52(32-44)57-13-7-8-14-58(57)60-39-82-63(49-11-5-2-6-12-49)34-59(60)48-17-15-47(16-18-48)46-9-3-1-4-10-46;/h1-11,13-19,21,23-34,37-39H,35-36,40-43H2;/q-3;+3. The molecule has 0 aliphatic heterocycles. The molecular weight excluding hydrogens is 1250 g/mol. The summed E-state index contributed by atoms with van der Waals surface area (Å²) in [5.41, 5.74) is 5.06. The van der Waals surface area contributed by atoms with Crippen molar-refractivity contribution >= 4 is 0 Å². The second-order valence-corrected chi connectivity index (χ2v) is 21.6. The third-order valence-corrected chi connectivity index (χ3v) is 16.0. The number of rotatable bonds is 13. The van der Waals surface area contributed by atoms with Crippen LogP contribution in [0.2, 0.25) is 0 Å². The topological polar surface area (TPSA) is 38.7 Å². The molecule has 2 aliphatic carbocycles. The molecule has 10 aromatic rings. The van der Waals surface area contributed by atoms with Gasteiger partial charge >= 0.3 is 43.8 Å². The number of alkyl halides is 8. The van der Waals surface area contributed by atoms with E-state index >= 15 is 35.1 Å². The molecule has 0 atom stereocenters. The maximum Gasteiger partial charge on any atom is 3.00 e. The van der Waals surface area contributed by atoms with Crippen molar-refractivity contribution in [2.75, 3.05) is 0 Å². The van der Waals surface area contributed by atoms with E-state index in [0.29, 0.717) is 39.1 Å². The molecule has 0 bridgehead atoms. The molecule has 2 saturated carbocycles. The summed E-state index contributed by atoms with van der Waals surface area (Å²) in [5, 5.41) is 0. The predicted octanol–water partition coefficient (Wildman–Crippen LogP) is 18.3. The van der Waals surface area contributed by atoms with Crippen molar-refractivity contribution in [2.45, 2.75) is 73.0 Å². The maximum atomic E-state index is 15.9. The van der Waals surface area contributed by atoms with Crippen LogP contribution in [0, 0.1) is 29.8 Å². The molecule has 7 aromatic carbocycles. The van der Waals surface area contributed by atoms with E-state index in [9.17, 15) is 8.78 Å². The Labute approximate surface area is 486 Å². The normalized spacial score (nSPS) is 16.9. The van der Waals surface area contributed by atoms with Gasteiger partial charge in [0.05, 0.1) is 0 Å². The molecule has 0 spiro atoms. The summed E-state index contributed by atoms with van der Waals surface area (Å²) >= 11 is 0. The van der Waals surface area contributed by atoms with Crippen LogP contribution in [-0.2, 0) is 43.8 Å². The van der Waals surface area contributed by atoms with Gasteiger partial charge in [0.15, 0.2) is 0 Å². The van der Waals surface area contributed by atoms with Gasteiger partial charge in [0.25, 0.3) is 0 Å². The smallest absolute Gasteiger partial charge is 0.304 e. The Morgan fingerprint density at radius 1 is 0.361 bits per heavy atom. The third kappa shape index (κ3) is 11.1. The Morgan fingerprint density at radius 3 is 1.29 bits per heavy atom. The molecule has 416 valence electrons. The molecule has 83 heavy (non-hydrogen) atoms. The summed E-state index contributed by atoms with van der Waals surface area (Å²) in [6, 6.07) is 61.4. The zero-order chi connectivity index (χ0) is 57.1. The van der Waals surface area contributed by atoms with E-state index in [1.165, 1.54) is 67.0 Å². The van der Waals surface area contributed by atoms with E-state index in [1.807, 2.05) is 97.1 Å². The Kier molecular flexibility index (Phi) is 15.0. The van der Waals surface area contributed by atoms with Gasteiger partial charge in [-0.2, -0.15) is 35.1 Å². The fraction of sp³-hybridized carbons (Fsp3) is 0.174. The summed E-state index contributed by atoms with van der Waals surface area (Å²) < 4.78 is 155. The van der Waals surface area contributed by atoms with E-state index in [-0.39, 0.29) is 53.7 Å². The molecule has 12 rings (SSSR count). The zero-order valence-electron chi connectivity index (χ0n) is 43.8. The number of pyridine rings is 3. The molecule has 0 N–H and O–H groups in total. The van der Waals surface area contributed by atoms with Crippen LogP contribution in [0.25, 0.3) is 78.3 Å². The van der Waals surface area contributed by atoms with E-state index < -0.39 is 84.7 Å². The summed E-state index contributed by atoms with van der Waals surface area (Å²) in [6.07, 6.45) is -1.88. The average Bonchev–Trinajstić information content (AvgIpc) is 3.41. The van der Waals surface area contributed by atoms with Gasteiger partial charge < -0.3 is 15.0 Å². The van der Waals surface area contributed by atoms with E-state index in [0.717, 1.165) is 39.9 Å². The SMILES string of the molecule is Fc1c[c-]c(-c2ccc(C3(Cc4cc(CC5(c6ccc(-c7[c-]cc(F)cc7)nc6)CC(F)(F)C(F)(F)C5)cc(-c5ccccc5-c5cnc(-c6[c-]cccc6)cc5-c5ccc(-c6ccccc6)cc5)c4)CC(F)(F)C(F)(F)C3)cn2)cc1.[Ir+3]. The van der Waals surface area contributed by atoms with Crippen molar-refractivity contribution in [1.82, 2.24) is 15.0 Å². The van der Waals surface area contributed by atoms with Crippen LogP contribution in [0.3, 0.4) is 0 Å². The number of halogens is 10. The Balaban J connectivity index is 0.00000721. The molecule has 0 radical (unpaired) electrons. The zero-order valence-corrected chi connectivity index (χ0v) is 46.2. The first-order valence-electron chi connectivity index (χ1n) is 26.4. The minimum atomic E-state index is -4.48. The van der Waals surface area contributed by atoms with Crippen molar-refractivity contribution in [1.29, 1.82) is 0 Å². The molecule has 14 heteroatoms.